The molecule has 0 spiro atoms. The molecule has 1 aromatic carbocycles. The summed E-state index contributed by atoms with van der Waals surface area (Å²) in [5.41, 5.74) is 2.35. The van der Waals surface area contributed by atoms with Gasteiger partial charge in [-0.15, -0.1) is 0 Å². The summed E-state index contributed by atoms with van der Waals surface area (Å²) in [5.74, 6) is 0.450. The van der Waals surface area contributed by atoms with E-state index in [0.717, 1.165) is 37.9 Å². The van der Waals surface area contributed by atoms with Gasteiger partial charge in [-0.1, -0.05) is 0 Å². The van der Waals surface area contributed by atoms with E-state index in [1.807, 2.05) is 13.1 Å². The minimum absolute atomic E-state index is 0.107. The SMILES string of the molecule is CN1CCc2cc(OC3CC3)c([N+](=O)[O-])cc2C1. The Kier molecular flexibility index (Phi) is 2.70. The van der Waals surface area contributed by atoms with E-state index in [-0.39, 0.29) is 16.7 Å². The van der Waals surface area contributed by atoms with Gasteiger partial charge in [0.25, 0.3) is 0 Å². The Hall–Kier alpha value is -1.62. The van der Waals surface area contributed by atoms with Gasteiger partial charge in [0.15, 0.2) is 5.75 Å². The highest BCUT2D eigenvalue weighted by molar-refractivity contribution is 5.53. The summed E-state index contributed by atoms with van der Waals surface area (Å²) in [6.45, 7) is 1.77. The molecule has 0 bridgehead atoms. The van der Waals surface area contributed by atoms with Crippen LogP contribution in [0.2, 0.25) is 0 Å². The molecule has 0 unspecified atom stereocenters. The molecule has 1 aromatic rings. The van der Waals surface area contributed by atoms with Crippen molar-refractivity contribution in [1.82, 2.24) is 4.90 Å². The maximum absolute atomic E-state index is 11.1. The largest absolute Gasteiger partial charge is 0.483 e. The Morgan fingerprint density at radius 1 is 1.39 bits per heavy atom. The predicted octanol–water partition coefficient (Wildman–Crippen LogP) is 2.12. The molecule has 0 saturated heterocycles. The molecule has 1 heterocycles. The molecule has 2 aliphatic rings. The van der Waals surface area contributed by atoms with E-state index in [4.69, 9.17) is 4.74 Å². The van der Waals surface area contributed by atoms with E-state index in [0.29, 0.717) is 5.75 Å². The van der Waals surface area contributed by atoms with Crippen LogP contribution in [-0.2, 0) is 13.0 Å². The van der Waals surface area contributed by atoms with Crippen LogP contribution in [0.1, 0.15) is 24.0 Å². The van der Waals surface area contributed by atoms with Crippen LogP contribution in [0.3, 0.4) is 0 Å². The number of nitro benzene ring substituents is 1. The van der Waals surface area contributed by atoms with E-state index in [1.54, 1.807) is 6.07 Å². The van der Waals surface area contributed by atoms with E-state index in [9.17, 15) is 10.1 Å². The number of fused-ring (bicyclic) bond motifs is 1. The van der Waals surface area contributed by atoms with Crippen molar-refractivity contribution in [2.45, 2.75) is 31.9 Å². The molecule has 1 fully saturated rings. The molecule has 1 aliphatic heterocycles. The summed E-state index contributed by atoms with van der Waals surface area (Å²) < 4.78 is 5.66. The van der Waals surface area contributed by atoms with Crippen molar-refractivity contribution in [2.75, 3.05) is 13.6 Å². The molecule has 0 aromatic heterocycles. The summed E-state index contributed by atoms with van der Waals surface area (Å²) in [6.07, 6.45) is 3.15. The maximum atomic E-state index is 11.1. The highest BCUT2D eigenvalue weighted by Crippen LogP contribution is 2.36. The van der Waals surface area contributed by atoms with Crippen LogP contribution in [0.5, 0.6) is 5.75 Å². The second kappa shape index (κ2) is 4.24. The lowest BCUT2D eigenvalue weighted by Gasteiger charge is -2.25. The van der Waals surface area contributed by atoms with Crippen LogP contribution in [-0.4, -0.2) is 29.5 Å². The van der Waals surface area contributed by atoms with E-state index in [1.165, 1.54) is 5.56 Å². The number of nitro groups is 1. The maximum Gasteiger partial charge on any atom is 0.311 e. The lowest BCUT2D eigenvalue weighted by atomic mass is 9.99. The quantitative estimate of drug-likeness (QED) is 0.607. The Balaban J connectivity index is 1.99. The van der Waals surface area contributed by atoms with E-state index in [2.05, 4.69) is 4.90 Å². The molecule has 0 radical (unpaired) electrons. The van der Waals surface area contributed by atoms with Gasteiger partial charge >= 0.3 is 5.69 Å². The topological polar surface area (TPSA) is 55.6 Å². The van der Waals surface area contributed by atoms with Crippen molar-refractivity contribution >= 4 is 5.69 Å². The number of hydrogen-bond donors (Lipinski definition) is 0. The number of rotatable bonds is 3. The van der Waals surface area contributed by atoms with Crippen LogP contribution in [0.25, 0.3) is 0 Å². The van der Waals surface area contributed by atoms with E-state index >= 15 is 0 Å². The normalized spacial score (nSPS) is 19.4. The summed E-state index contributed by atoms with van der Waals surface area (Å²) in [7, 11) is 2.03. The van der Waals surface area contributed by atoms with Gasteiger partial charge in [-0.2, -0.15) is 0 Å². The Morgan fingerprint density at radius 3 is 2.83 bits per heavy atom. The zero-order chi connectivity index (χ0) is 12.7. The molecule has 96 valence electrons. The summed E-state index contributed by atoms with van der Waals surface area (Å²) in [4.78, 5) is 12.9. The van der Waals surface area contributed by atoms with Crippen molar-refractivity contribution < 1.29 is 9.66 Å². The van der Waals surface area contributed by atoms with E-state index < -0.39 is 0 Å². The van der Waals surface area contributed by atoms with Crippen LogP contribution in [0, 0.1) is 10.1 Å². The molecule has 5 nitrogen and oxygen atoms in total. The molecule has 5 heteroatoms. The van der Waals surface area contributed by atoms with Gasteiger partial charge in [-0.3, -0.25) is 10.1 Å². The zero-order valence-corrected chi connectivity index (χ0v) is 10.4. The second-order valence-corrected chi connectivity index (χ2v) is 5.15. The molecule has 0 atom stereocenters. The van der Waals surface area contributed by atoms with Crippen LogP contribution in [0.15, 0.2) is 12.1 Å². The zero-order valence-electron chi connectivity index (χ0n) is 10.4. The highest BCUT2D eigenvalue weighted by Gasteiger charge is 2.29. The lowest BCUT2D eigenvalue weighted by molar-refractivity contribution is -0.386. The first-order valence-corrected chi connectivity index (χ1v) is 6.29. The minimum Gasteiger partial charge on any atom is -0.483 e. The molecule has 0 N–H and O–H groups in total. The first kappa shape index (κ1) is 11.5. The number of nitrogens with zero attached hydrogens (tertiary/aromatic N) is 2. The van der Waals surface area contributed by atoms with Crippen LogP contribution in [0.4, 0.5) is 5.69 Å². The van der Waals surface area contributed by atoms with Gasteiger partial charge in [-0.05, 0) is 43.5 Å². The van der Waals surface area contributed by atoms with Crippen LogP contribution >= 0.6 is 0 Å². The third-order valence-electron chi connectivity index (χ3n) is 3.50. The monoisotopic (exact) mass is 248 g/mol. The van der Waals surface area contributed by atoms with Gasteiger partial charge in [0, 0.05) is 19.2 Å². The fourth-order valence-electron chi connectivity index (χ4n) is 2.32. The molecule has 1 aliphatic carbocycles. The van der Waals surface area contributed by atoms with Gasteiger partial charge in [-0.25, -0.2) is 0 Å². The predicted molar refractivity (Wildman–Crippen MR) is 66.8 cm³/mol. The Bertz CT molecular complexity index is 497. The third-order valence-corrected chi connectivity index (χ3v) is 3.50. The fraction of sp³-hybridized carbons (Fsp3) is 0.538. The standard InChI is InChI=1S/C13H16N2O3/c1-14-5-4-9-7-13(18-11-2-3-11)12(15(16)17)6-10(9)8-14/h6-7,11H,2-5,8H2,1H3. The Labute approximate surface area is 106 Å². The molecular formula is C13H16N2O3. The second-order valence-electron chi connectivity index (χ2n) is 5.15. The number of ether oxygens (including phenoxy) is 1. The first-order valence-electron chi connectivity index (χ1n) is 6.29. The van der Waals surface area contributed by atoms with Crippen molar-refractivity contribution in [3.05, 3.63) is 33.4 Å². The molecular weight excluding hydrogens is 232 g/mol. The Morgan fingerprint density at radius 2 is 2.17 bits per heavy atom. The van der Waals surface area contributed by atoms with Gasteiger partial charge < -0.3 is 9.64 Å². The molecule has 0 amide bonds. The van der Waals surface area contributed by atoms with Gasteiger partial charge in [0.1, 0.15) is 0 Å². The van der Waals surface area contributed by atoms with Crippen molar-refractivity contribution in [1.29, 1.82) is 0 Å². The average Bonchev–Trinajstić information content (AvgIpc) is 3.12. The molecule has 3 rings (SSSR count). The third kappa shape index (κ3) is 2.18. The minimum atomic E-state index is -0.341. The summed E-state index contributed by atoms with van der Waals surface area (Å²) in [5, 5.41) is 11.1. The van der Waals surface area contributed by atoms with Crippen molar-refractivity contribution in [3.63, 3.8) is 0 Å². The average molecular weight is 248 g/mol. The molecule has 1 saturated carbocycles. The number of benzene rings is 1. The summed E-state index contributed by atoms with van der Waals surface area (Å²) >= 11 is 0. The fourth-order valence-corrected chi connectivity index (χ4v) is 2.32. The van der Waals surface area contributed by atoms with Crippen LogP contribution < -0.4 is 4.74 Å². The smallest absolute Gasteiger partial charge is 0.311 e. The lowest BCUT2D eigenvalue weighted by Crippen LogP contribution is -2.26. The van der Waals surface area contributed by atoms with Crippen molar-refractivity contribution in [3.8, 4) is 5.75 Å². The van der Waals surface area contributed by atoms with Crippen molar-refractivity contribution in [2.24, 2.45) is 0 Å². The first-order chi connectivity index (χ1) is 8.63. The highest BCUT2D eigenvalue weighted by atomic mass is 16.6. The summed E-state index contributed by atoms with van der Waals surface area (Å²) in [6, 6.07) is 3.56. The number of likely N-dealkylation sites (N-methyl/N-ethyl adjacent to an activating group) is 1. The molecule has 18 heavy (non-hydrogen) atoms. The van der Waals surface area contributed by atoms with Gasteiger partial charge in [0.05, 0.1) is 11.0 Å². The van der Waals surface area contributed by atoms with Gasteiger partial charge in [0.2, 0.25) is 0 Å². The number of hydrogen-bond acceptors (Lipinski definition) is 4.